The molecule has 0 aliphatic heterocycles. The number of amides is 1. The number of ether oxygens (including phenoxy) is 1. The van der Waals surface area contributed by atoms with Crippen LogP contribution < -0.4 is 10.5 Å². The number of nitrogens with zero attached hydrogens (tertiary/aromatic N) is 2. The van der Waals surface area contributed by atoms with Crippen LogP contribution in [0.4, 0.5) is 0 Å². The van der Waals surface area contributed by atoms with Gasteiger partial charge in [0.2, 0.25) is 5.88 Å². The number of carbonyl (C=O) groups excluding carboxylic acids is 1. The molecule has 0 fully saturated rings. The molecule has 2 N–H and O–H groups in total. The van der Waals surface area contributed by atoms with Crippen LogP contribution in [0.25, 0.3) is 11.5 Å². The van der Waals surface area contributed by atoms with E-state index in [1.165, 1.54) is 0 Å². The normalized spacial score (nSPS) is 12.7. The molecule has 2 aromatic rings. The predicted molar refractivity (Wildman–Crippen MR) is 73.4 cm³/mol. The molecule has 6 heteroatoms. The minimum Gasteiger partial charge on any atom is -0.467 e. The van der Waals surface area contributed by atoms with Gasteiger partial charge in [-0.1, -0.05) is 0 Å². The Morgan fingerprint density at radius 1 is 1.48 bits per heavy atom. The molecule has 0 saturated heterocycles. The van der Waals surface area contributed by atoms with Crippen molar-refractivity contribution in [2.24, 2.45) is 5.73 Å². The third-order valence-electron chi connectivity index (χ3n) is 3.45. The van der Waals surface area contributed by atoms with E-state index in [-0.39, 0.29) is 12.5 Å². The number of fused-ring (bicyclic) bond motifs is 1. The molecule has 6 nitrogen and oxygen atoms in total. The molecular formula is C15H13N3O3. The first kappa shape index (κ1) is 13.2. The van der Waals surface area contributed by atoms with E-state index >= 15 is 0 Å². The first-order valence-electron chi connectivity index (χ1n) is 6.61. The van der Waals surface area contributed by atoms with Crippen LogP contribution in [0.2, 0.25) is 0 Å². The molecule has 3 rings (SSSR count). The lowest BCUT2D eigenvalue weighted by atomic mass is 10.0. The van der Waals surface area contributed by atoms with Crippen LogP contribution in [0.3, 0.4) is 0 Å². The van der Waals surface area contributed by atoms with Crippen molar-refractivity contribution in [3.05, 3.63) is 35.1 Å². The number of nitriles is 1. The maximum absolute atomic E-state index is 10.9. The zero-order chi connectivity index (χ0) is 14.8. The predicted octanol–water partition coefficient (Wildman–Crippen LogP) is 1.57. The summed E-state index contributed by atoms with van der Waals surface area (Å²) in [7, 11) is 0. The molecule has 2 heterocycles. The smallest absolute Gasteiger partial charge is 0.255 e. The second-order valence-corrected chi connectivity index (χ2v) is 4.80. The number of rotatable bonds is 4. The van der Waals surface area contributed by atoms with Gasteiger partial charge in [-0.3, -0.25) is 4.79 Å². The molecule has 0 radical (unpaired) electrons. The van der Waals surface area contributed by atoms with Crippen molar-refractivity contribution in [1.29, 1.82) is 5.26 Å². The quantitative estimate of drug-likeness (QED) is 0.917. The fourth-order valence-electron chi connectivity index (χ4n) is 2.61. The van der Waals surface area contributed by atoms with E-state index < -0.39 is 5.91 Å². The van der Waals surface area contributed by atoms with Gasteiger partial charge in [0.05, 0.1) is 6.26 Å². The van der Waals surface area contributed by atoms with Crippen molar-refractivity contribution < 1.29 is 13.9 Å². The third kappa shape index (κ3) is 2.34. The lowest BCUT2D eigenvalue weighted by molar-refractivity contribution is -0.120. The highest BCUT2D eigenvalue weighted by molar-refractivity contribution is 5.75. The second kappa shape index (κ2) is 5.29. The molecule has 1 aliphatic rings. The largest absolute Gasteiger partial charge is 0.467 e. The van der Waals surface area contributed by atoms with Crippen LogP contribution in [0.5, 0.6) is 5.88 Å². The highest BCUT2D eigenvalue weighted by Crippen LogP contribution is 2.37. The minimum absolute atomic E-state index is 0.142. The van der Waals surface area contributed by atoms with Gasteiger partial charge in [0, 0.05) is 0 Å². The maximum Gasteiger partial charge on any atom is 0.255 e. The summed E-state index contributed by atoms with van der Waals surface area (Å²) in [5, 5.41) is 9.36. The van der Waals surface area contributed by atoms with Gasteiger partial charge in [-0.15, -0.1) is 0 Å². The third-order valence-corrected chi connectivity index (χ3v) is 3.45. The molecule has 0 spiro atoms. The fraction of sp³-hybridized carbons (Fsp3) is 0.267. The Balaban J connectivity index is 2.14. The van der Waals surface area contributed by atoms with Gasteiger partial charge in [-0.2, -0.15) is 5.26 Å². The molecule has 106 valence electrons. The van der Waals surface area contributed by atoms with Crippen molar-refractivity contribution in [3.63, 3.8) is 0 Å². The van der Waals surface area contributed by atoms with E-state index in [2.05, 4.69) is 11.1 Å². The zero-order valence-corrected chi connectivity index (χ0v) is 11.3. The number of nitrogens with two attached hydrogens (primary N) is 1. The Hall–Kier alpha value is -2.81. The average Bonchev–Trinajstić information content (AvgIpc) is 3.14. The standard InChI is InChI=1S/C15H13N3O3/c16-7-11-9-3-1-4-10(9)14(12-5-2-6-20-12)18-15(11)21-8-13(17)19/h2,5-6H,1,3-4,8H2,(H2,17,19). The van der Waals surface area contributed by atoms with Crippen molar-refractivity contribution in [2.75, 3.05) is 6.61 Å². The molecule has 0 saturated carbocycles. The highest BCUT2D eigenvalue weighted by atomic mass is 16.5. The Morgan fingerprint density at radius 2 is 2.29 bits per heavy atom. The average molecular weight is 283 g/mol. The van der Waals surface area contributed by atoms with Gasteiger partial charge >= 0.3 is 0 Å². The summed E-state index contributed by atoms with van der Waals surface area (Å²) in [6.45, 7) is -0.307. The summed E-state index contributed by atoms with van der Waals surface area (Å²) >= 11 is 0. The van der Waals surface area contributed by atoms with Gasteiger partial charge in [0.15, 0.2) is 12.4 Å². The monoisotopic (exact) mass is 283 g/mol. The number of primary amides is 1. The Labute approximate surface area is 121 Å². The van der Waals surface area contributed by atoms with E-state index in [0.717, 1.165) is 30.4 Å². The van der Waals surface area contributed by atoms with E-state index in [1.54, 1.807) is 12.3 Å². The molecule has 1 amide bonds. The molecule has 0 aromatic carbocycles. The van der Waals surface area contributed by atoms with Gasteiger partial charge in [-0.05, 0) is 42.5 Å². The summed E-state index contributed by atoms with van der Waals surface area (Å²) in [6.07, 6.45) is 4.17. The Kier molecular flexibility index (Phi) is 3.32. The molecule has 2 aromatic heterocycles. The number of carbonyl (C=O) groups is 1. The minimum atomic E-state index is -0.610. The lowest BCUT2D eigenvalue weighted by Crippen LogP contribution is -2.21. The Morgan fingerprint density at radius 3 is 2.95 bits per heavy atom. The van der Waals surface area contributed by atoms with Crippen molar-refractivity contribution >= 4 is 5.91 Å². The van der Waals surface area contributed by atoms with Crippen molar-refractivity contribution in [2.45, 2.75) is 19.3 Å². The Bertz CT molecular complexity index is 730. The summed E-state index contributed by atoms with van der Waals surface area (Å²) < 4.78 is 10.7. The van der Waals surface area contributed by atoms with Crippen LogP contribution in [0, 0.1) is 11.3 Å². The van der Waals surface area contributed by atoms with Crippen molar-refractivity contribution in [1.82, 2.24) is 4.98 Å². The SMILES string of the molecule is N#Cc1c(OCC(N)=O)nc(-c2ccco2)c2c1CCC2. The molecule has 0 bridgehead atoms. The van der Waals surface area contributed by atoms with Crippen LogP contribution in [0.1, 0.15) is 23.1 Å². The van der Waals surface area contributed by atoms with Gasteiger partial charge < -0.3 is 14.9 Å². The number of aromatic nitrogens is 1. The molecule has 1 aliphatic carbocycles. The number of hydrogen-bond donors (Lipinski definition) is 1. The summed E-state index contributed by atoms with van der Waals surface area (Å²) in [5.74, 6) is 0.158. The number of pyridine rings is 1. The summed E-state index contributed by atoms with van der Waals surface area (Å²) in [6, 6.07) is 5.71. The first-order valence-corrected chi connectivity index (χ1v) is 6.61. The summed E-state index contributed by atoms with van der Waals surface area (Å²) in [4.78, 5) is 15.3. The van der Waals surface area contributed by atoms with Crippen molar-refractivity contribution in [3.8, 4) is 23.4 Å². The maximum atomic E-state index is 10.9. The molecule has 0 unspecified atom stereocenters. The summed E-state index contributed by atoms with van der Waals surface area (Å²) in [5.41, 5.74) is 8.09. The molecule has 21 heavy (non-hydrogen) atoms. The van der Waals surface area contributed by atoms with E-state index in [1.807, 2.05) is 6.07 Å². The number of furan rings is 1. The first-order chi connectivity index (χ1) is 10.2. The molecular weight excluding hydrogens is 270 g/mol. The van der Waals surface area contributed by atoms with Gasteiger partial charge in [0.25, 0.3) is 5.91 Å². The van der Waals surface area contributed by atoms with E-state index in [9.17, 15) is 10.1 Å². The zero-order valence-electron chi connectivity index (χ0n) is 11.3. The van der Waals surface area contributed by atoms with Crippen LogP contribution in [-0.4, -0.2) is 17.5 Å². The second-order valence-electron chi connectivity index (χ2n) is 4.80. The van der Waals surface area contributed by atoms with Crippen LogP contribution >= 0.6 is 0 Å². The van der Waals surface area contributed by atoms with Crippen LogP contribution in [0.15, 0.2) is 22.8 Å². The van der Waals surface area contributed by atoms with Gasteiger partial charge in [-0.25, -0.2) is 4.98 Å². The molecule has 0 atom stereocenters. The van der Waals surface area contributed by atoms with Gasteiger partial charge in [0.1, 0.15) is 17.3 Å². The van der Waals surface area contributed by atoms with Crippen LogP contribution in [-0.2, 0) is 17.6 Å². The van der Waals surface area contributed by atoms with E-state index in [0.29, 0.717) is 17.0 Å². The lowest BCUT2D eigenvalue weighted by Gasteiger charge is -2.12. The highest BCUT2D eigenvalue weighted by Gasteiger charge is 2.26. The fourth-order valence-corrected chi connectivity index (χ4v) is 2.61. The number of hydrogen-bond acceptors (Lipinski definition) is 5. The van der Waals surface area contributed by atoms with E-state index in [4.69, 9.17) is 14.9 Å². The topological polar surface area (TPSA) is 102 Å².